The molecule has 0 radical (unpaired) electrons. The molecule has 3 nitrogen and oxygen atoms in total. The van der Waals surface area contributed by atoms with Gasteiger partial charge in [0.15, 0.2) is 0 Å². The van der Waals surface area contributed by atoms with Crippen molar-refractivity contribution in [3.05, 3.63) is 0 Å². The van der Waals surface area contributed by atoms with E-state index in [0.29, 0.717) is 6.54 Å². The molecule has 66 valence electrons. The fourth-order valence-electron chi connectivity index (χ4n) is 1.20. The van der Waals surface area contributed by atoms with Crippen LogP contribution in [-0.4, -0.2) is 19.6 Å². The standard InChI is InChI=1S/C7H13NO2.ClH/c1-10-6(9)7(2-3-7)4-5-8;/h2-5,8H2,1H3;1H. The van der Waals surface area contributed by atoms with Crippen LogP contribution < -0.4 is 5.73 Å². The summed E-state index contributed by atoms with van der Waals surface area (Å²) in [5.74, 6) is -0.0852. The molecule has 2 N–H and O–H groups in total. The Morgan fingerprint density at radius 1 is 1.64 bits per heavy atom. The highest BCUT2D eigenvalue weighted by atomic mass is 35.5. The van der Waals surface area contributed by atoms with Gasteiger partial charge in [-0.3, -0.25) is 4.79 Å². The number of carbonyl (C=O) groups excluding carboxylic acids is 1. The maximum absolute atomic E-state index is 11.0. The molecule has 1 rings (SSSR count). The van der Waals surface area contributed by atoms with Gasteiger partial charge in [0.1, 0.15) is 0 Å². The Kier molecular flexibility index (Phi) is 3.83. The smallest absolute Gasteiger partial charge is 0.311 e. The monoisotopic (exact) mass is 179 g/mol. The molecule has 0 unspecified atom stereocenters. The summed E-state index contributed by atoms with van der Waals surface area (Å²) in [7, 11) is 1.43. The number of hydrogen-bond donors (Lipinski definition) is 1. The van der Waals surface area contributed by atoms with Crippen LogP contribution in [0.2, 0.25) is 0 Å². The summed E-state index contributed by atoms with van der Waals surface area (Å²) in [6.07, 6.45) is 2.69. The third kappa shape index (κ3) is 2.07. The molecule has 0 saturated heterocycles. The summed E-state index contributed by atoms with van der Waals surface area (Å²) in [5, 5.41) is 0. The van der Waals surface area contributed by atoms with E-state index >= 15 is 0 Å². The molecule has 0 heterocycles. The predicted molar refractivity (Wildman–Crippen MR) is 44.6 cm³/mol. The molecule has 0 aromatic heterocycles. The molecule has 1 saturated carbocycles. The molecule has 0 atom stereocenters. The van der Waals surface area contributed by atoms with E-state index in [-0.39, 0.29) is 23.8 Å². The number of halogens is 1. The predicted octanol–water partition coefficient (Wildman–Crippen LogP) is 0.710. The van der Waals surface area contributed by atoms with Crippen molar-refractivity contribution in [1.29, 1.82) is 0 Å². The summed E-state index contributed by atoms with van der Waals surface area (Å²) in [6.45, 7) is 0.578. The van der Waals surface area contributed by atoms with E-state index in [0.717, 1.165) is 19.3 Å². The van der Waals surface area contributed by atoms with Crippen molar-refractivity contribution < 1.29 is 9.53 Å². The van der Waals surface area contributed by atoms with E-state index in [1.54, 1.807) is 0 Å². The summed E-state index contributed by atoms with van der Waals surface area (Å²) in [5.41, 5.74) is 5.16. The number of hydrogen-bond acceptors (Lipinski definition) is 3. The van der Waals surface area contributed by atoms with Crippen LogP contribution in [0.3, 0.4) is 0 Å². The Labute approximate surface area is 72.7 Å². The first kappa shape index (κ1) is 10.7. The van der Waals surface area contributed by atoms with E-state index in [2.05, 4.69) is 4.74 Å². The van der Waals surface area contributed by atoms with Crippen molar-refractivity contribution in [3.63, 3.8) is 0 Å². The summed E-state index contributed by atoms with van der Waals surface area (Å²) in [4.78, 5) is 11.0. The molecule has 4 heteroatoms. The van der Waals surface area contributed by atoms with Gasteiger partial charge in [-0.1, -0.05) is 0 Å². The Morgan fingerprint density at radius 3 is 2.45 bits per heavy atom. The molecule has 1 aliphatic carbocycles. The zero-order valence-electron chi connectivity index (χ0n) is 6.63. The average molecular weight is 180 g/mol. The number of methoxy groups -OCH3 is 1. The number of rotatable bonds is 3. The van der Waals surface area contributed by atoms with Gasteiger partial charge in [0.2, 0.25) is 0 Å². The summed E-state index contributed by atoms with van der Waals surface area (Å²) in [6, 6.07) is 0. The molecular formula is C7H14ClNO2. The van der Waals surface area contributed by atoms with Crippen LogP contribution in [0.5, 0.6) is 0 Å². The maximum Gasteiger partial charge on any atom is 0.311 e. The first-order valence-electron chi connectivity index (χ1n) is 3.54. The lowest BCUT2D eigenvalue weighted by Crippen LogP contribution is -2.20. The minimum atomic E-state index is -0.177. The van der Waals surface area contributed by atoms with Gasteiger partial charge in [-0.25, -0.2) is 0 Å². The van der Waals surface area contributed by atoms with Crippen molar-refractivity contribution in [2.75, 3.05) is 13.7 Å². The number of esters is 1. The van der Waals surface area contributed by atoms with Crippen LogP contribution in [0, 0.1) is 5.41 Å². The number of nitrogens with two attached hydrogens (primary N) is 1. The van der Waals surface area contributed by atoms with Crippen LogP contribution in [0.15, 0.2) is 0 Å². The molecule has 0 aromatic carbocycles. The average Bonchev–Trinajstić information content (AvgIpc) is 2.69. The highest BCUT2D eigenvalue weighted by Gasteiger charge is 2.49. The molecule has 0 bridgehead atoms. The van der Waals surface area contributed by atoms with Gasteiger partial charge in [-0.2, -0.15) is 0 Å². The topological polar surface area (TPSA) is 52.3 Å². The molecule has 11 heavy (non-hydrogen) atoms. The third-order valence-corrected chi connectivity index (χ3v) is 2.09. The van der Waals surface area contributed by atoms with E-state index in [1.165, 1.54) is 7.11 Å². The van der Waals surface area contributed by atoms with Crippen molar-refractivity contribution in [1.82, 2.24) is 0 Å². The van der Waals surface area contributed by atoms with Gasteiger partial charge < -0.3 is 10.5 Å². The maximum atomic E-state index is 11.0. The fourth-order valence-corrected chi connectivity index (χ4v) is 1.20. The fraction of sp³-hybridized carbons (Fsp3) is 0.857. The van der Waals surface area contributed by atoms with Gasteiger partial charge in [-0.15, -0.1) is 12.4 Å². The zero-order valence-corrected chi connectivity index (χ0v) is 7.45. The van der Waals surface area contributed by atoms with E-state index in [9.17, 15) is 4.79 Å². The van der Waals surface area contributed by atoms with Crippen molar-refractivity contribution in [2.45, 2.75) is 19.3 Å². The quantitative estimate of drug-likeness (QED) is 0.650. The second kappa shape index (κ2) is 3.93. The van der Waals surface area contributed by atoms with Crippen molar-refractivity contribution >= 4 is 18.4 Å². The SMILES string of the molecule is COC(=O)C1(CCN)CC1.Cl. The molecule has 1 aliphatic rings. The minimum Gasteiger partial charge on any atom is -0.469 e. The second-order valence-corrected chi connectivity index (χ2v) is 2.81. The molecule has 0 spiro atoms. The minimum absolute atomic E-state index is 0. The highest BCUT2D eigenvalue weighted by Crippen LogP contribution is 2.49. The van der Waals surface area contributed by atoms with Crippen LogP contribution in [0.25, 0.3) is 0 Å². The number of ether oxygens (including phenoxy) is 1. The van der Waals surface area contributed by atoms with Crippen molar-refractivity contribution in [3.8, 4) is 0 Å². The van der Waals surface area contributed by atoms with Crippen molar-refractivity contribution in [2.24, 2.45) is 11.1 Å². The molecule has 1 fully saturated rings. The van der Waals surface area contributed by atoms with Gasteiger partial charge in [0, 0.05) is 0 Å². The largest absolute Gasteiger partial charge is 0.469 e. The normalized spacial score (nSPS) is 18.4. The summed E-state index contributed by atoms with van der Waals surface area (Å²) >= 11 is 0. The lowest BCUT2D eigenvalue weighted by atomic mass is 10.0. The lowest BCUT2D eigenvalue weighted by molar-refractivity contribution is -0.147. The zero-order chi connectivity index (χ0) is 7.61. The Hall–Kier alpha value is -0.280. The number of carbonyl (C=O) groups is 1. The molecule has 0 amide bonds. The van der Waals surface area contributed by atoms with E-state index in [4.69, 9.17) is 5.73 Å². The second-order valence-electron chi connectivity index (χ2n) is 2.81. The molecule has 0 aromatic rings. The Balaban J connectivity index is 0.000001000. The third-order valence-electron chi connectivity index (χ3n) is 2.09. The van der Waals surface area contributed by atoms with Crippen LogP contribution >= 0.6 is 12.4 Å². The first-order chi connectivity index (χ1) is 4.75. The Morgan fingerprint density at radius 2 is 2.18 bits per heavy atom. The molecular weight excluding hydrogens is 166 g/mol. The van der Waals surface area contributed by atoms with Gasteiger partial charge in [0.25, 0.3) is 0 Å². The van der Waals surface area contributed by atoms with Gasteiger partial charge in [-0.05, 0) is 25.8 Å². The first-order valence-corrected chi connectivity index (χ1v) is 3.54. The Bertz CT molecular complexity index is 145. The van der Waals surface area contributed by atoms with Crippen LogP contribution in [-0.2, 0) is 9.53 Å². The van der Waals surface area contributed by atoms with Crippen LogP contribution in [0.1, 0.15) is 19.3 Å². The lowest BCUT2D eigenvalue weighted by Gasteiger charge is -2.09. The highest BCUT2D eigenvalue weighted by molar-refractivity contribution is 5.85. The van der Waals surface area contributed by atoms with Gasteiger partial charge >= 0.3 is 5.97 Å². The van der Waals surface area contributed by atoms with Crippen LogP contribution in [0.4, 0.5) is 0 Å². The summed E-state index contributed by atoms with van der Waals surface area (Å²) < 4.78 is 4.64. The van der Waals surface area contributed by atoms with E-state index in [1.807, 2.05) is 0 Å². The molecule has 0 aliphatic heterocycles. The van der Waals surface area contributed by atoms with E-state index < -0.39 is 0 Å². The van der Waals surface area contributed by atoms with Gasteiger partial charge in [0.05, 0.1) is 12.5 Å².